The molecule has 4 atom stereocenters. The van der Waals surface area contributed by atoms with Crippen molar-refractivity contribution < 1.29 is 48.0 Å². The third kappa shape index (κ3) is 6.28. The summed E-state index contributed by atoms with van der Waals surface area (Å²) in [7, 11) is 0. The number of hydrogen-bond donors (Lipinski definition) is 2. The number of carbonyl (C=O) groups excluding carboxylic acids is 4. The largest absolute Gasteiger partial charge is 0.462 e. The Labute approximate surface area is 260 Å². The molecule has 236 valence electrons. The number of carbonyl (C=O) groups is 4. The van der Waals surface area contributed by atoms with Crippen molar-refractivity contribution in [3.05, 3.63) is 88.5 Å². The van der Waals surface area contributed by atoms with Gasteiger partial charge < -0.3 is 34.1 Å². The number of benzene rings is 2. The summed E-state index contributed by atoms with van der Waals surface area (Å²) in [5.74, 6) is -3.37. The molecule has 0 aromatic heterocycles. The molecule has 2 saturated heterocycles. The zero-order valence-corrected chi connectivity index (χ0v) is 25.0. The number of aliphatic hydroxyl groups excluding tert-OH is 1. The molecular weight excluding hydrogens is 582 g/mol. The van der Waals surface area contributed by atoms with Crippen LogP contribution < -0.4 is 5.32 Å². The zero-order valence-electron chi connectivity index (χ0n) is 25.0. The molecule has 0 unspecified atom stereocenters. The van der Waals surface area contributed by atoms with Crippen molar-refractivity contribution >= 4 is 29.9 Å². The van der Waals surface area contributed by atoms with Crippen LogP contribution in [-0.2, 0) is 50.9 Å². The van der Waals surface area contributed by atoms with Crippen LogP contribution in [0.5, 0.6) is 0 Å². The maximum atomic E-state index is 13.6. The Hall–Kier alpha value is -4.32. The Balaban J connectivity index is 1.20. The van der Waals surface area contributed by atoms with E-state index in [0.29, 0.717) is 24.0 Å². The fourth-order valence-electron chi connectivity index (χ4n) is 6.22. The molecule has 2 aromatic carbocycles. The first-order valence-electron chi connectivity index (χ1n) is 14.9. The molecule has 11 nitrogen and oxygen atoms in total. The number of fused-ring (bicyclic) bond motifs is 2. The summed E-state index contributed by atoms with van der Waals surface area (Å²) in [6.07, 6.45) is 2.21. The van der Waals surface area contributed by atoms with E-state index in [1.807, 2.05) is 24.3 Å². The first-order valence-corrected chi connectivity index (χ1v) is 14.9. The van der Waals surface area contributed by atoms with E-state index in [9.17, 15) is 24.3 Å². The maximum absolute atomic E-state index is 13.6. The van der Waals surface area contributed by atoms with Crippen LogP contribution in [0.15, 0.2) is 66.3 Å². The number of amides is 1. The number of aliphatic hydroxyl groups is 1. The highest BCUT2D eigenvalue weighted by Crippen LogP contribution is 2.45. The minimum atomic E-state index is -1.03. The van der Waals surface area contributed by atoms with Gasteiger partial charge in [-0.05, 0) is 34.9 Å². The van der Waals surface area contributed by atoms with E-state index in [1.165, 1.54) is 6.08 Å². The molecule has 2 aliphatic carbocycles. The smallest absolute Gasteiger partial charge is 0.348 e. The predicted molar refractivity (Wildman–Crippen MR) is 158 cm³/mol. The predicted octanol–water partition coefficient (Wildman–Crippen LogP) is 2.44. The zero-order chi connectivity index (χ0) is 31.8. The molecule has 1 spiro atoms. The summed E-state index contributed by atoms with van der Waals surface area (Å²) in [5, 5.41) is 11.8. The van der Waals surface area contributed by atoms with Crippen molar-refractivity contribution in [1.29, 1.82) is 0 Å². The van der Waals surface area contributed by atoms with Gasteiger partial charge in [-0.1, -0.05) is 56.3 Å². The lowest BCUT2D eigenvalue weighted by Gasteiger charge is -2.30. The number of hydrogen-bond acceptors (Lipinski definition) is 10. The van der Waals surface area contributed by atoms with Crippen LogP contribution in [0, 0.1) is 5.41 Å². The van der Waals surface area contributed by atoms with Gasteiger partial charge >= 0.3 is 17.9 Å². The van der Waals surface area contributed by atoms with E-state index < -0.39 is 53.5 Å². The van der Waals surface area contributed by atoms with Crippen molar-refractivity contribution in [2.24, 2.45) is 5.41 Å². The lowest BCUT2D eigenvalue weighted by molar-refractivity contribution is -0.172. The van der Waals surface area contributed by atoms with Gasteiger partial charge in [0, 0.05) is 42.9 Å². The number of ether oxygens (including phenoxy) is 5. The van der Waals surface area contributed by atoms with E-state index in [2.05, 4.69) is 5.32 Å². The second-order valence-corrected chi connectivity index (χ2v) is 12.4. The highest BCUT2D eigenvalue weighted by Gasteiger charge is 2.55. The summed E-state index contributed by atoms with van der Waals surface area (Å²) in [4.78, 5) is 51.2. The second kappa shape index (κ2) is 12.2. The Kier molecular flexibility index (Phi) is 8.34. The minimum Gasteiger partial charge on any atom is -0.462 e. The molecule has 2 aliphatic heterocycles. The first kappa shape index (κ1) is 30.7. The van der Waals surface area contributed by atoms with Crippen molar-refractivity contribution in [1.82, 2.24) is 5.32 Å². The fraction of sp³-hybridized carbons (Fsp3) is 0.412. The topological polar surface area (TPSA) is 147 Å². The van der Waals surface area contributed by atoms with Crippen LogP contribution in [-0.4, -0.2) is 78.9 Å². The monoisotopic (exact) mass is 617 g/mol. The van der Waals surface area contributed by atoms with Gasteiger partial charge in [0.15, 0.2) is 5.79 Å². The normalized spacial score (nSPS) is 25.8. The highest BCUT2D eigenvalue weighted by molar-refractivity contribution is 5.97. The van der Waals surface area contributed by atoms with Gasteiger partial charge in [0.25, 0.3) is 0 Å². The molecule has 4 aliphatic rings. The van der Waals surface area contributed by atoms with Gasteiger partial charge in [0.05, 0.1) is 12.2 Å². The van der Waals surface area contributed by atoms with E-state index in [1.54, 1.807) is 44.2 Å². The van der Waals surface area contributed by atoms with E-state index in [-0.39, 0.29) is 37.6 Å². The van der Waals surface area contributed by atoms with Crippen LogP contribution in [0.1, 0.15) is 47.3 Å². The Morgan fingerprint density at radius 2 is 1.73 bits per heavy atom. The lowest BCUT2D eigenvalue weighted by Crippen LogP contribution is -2.44. The van der Waals surface area contributed by atoms with E-state index >= 15 is 0 Å². The third-order valence-electron chi connectivity index (χ3n) is 8.49. The Bertz CT molecular complexity index is 1550. The van der Waals surface area contributed by atoms with E-state index in [0.717, 1.165) is 17.2 Å². The molecule has 2 fully saturated rings. The number of nitrogens with one attached hydrogen (secondary N) is 1. The fourth-order valence-corrected chi connectivity index (χ4v) is 6.22. The number of cyclic esters (lactones) is 1. The van der Waals surface area contributed by atoms with Crippen molar-refractivity contribution in [3.63, 3.8) is 0 Å². The second-order valence-electron chi connectivity index (χ2n) is 12.4. The van der Waals surface area contributed by atoms with Gasteiger partial charge in [0.2, 0.25) is 12.0 Å². The minimum absolute atomic E-state index is 0.0763. The molecular formula is C34H35NO10. The van der Waals surface area contributed by atoms with Crippen LogP contribution in [0.3, 0.4) is 0 Å². The quantitative estimate of drug-likeness (QED) is 0.257. The average molecular weight is 618 g/mol. The maximum Gasteiger partial charge on any atom is 0.348 e. The molecule has 45 heavy (non-hydrogen) atoms. The van der Waals surface area contributed by atoms with E-state index in [4.69, 9.17) is 23.7 Å². The molecule has 2 aromatic rings. The highest BCUT2D eigenvalue weighted by atomic mass is 16.8. The van der Waals surface area contributed by atoms with Crippen molar-refractivity contribution in [3.8, 4) is 0 Å². The summed E-state index contributed by atoms with van der Waals surface area (Å²) in [6, 6.07) is 14.6. The molecule has 0 bridgehead atoms. The summed E-state index contributed by atoms with van der Waals surface area (Å²) in [5.41, 5.74) is 2.51. The molecule has 11 heteroatoms. The molecule has 0 radical (unpaired) electrons. The van der Waals surface area contributed by atoms with Crippen LogP contribution in [0.2, 0.25) is 0 Å². The van der Waals surface area contributed by atoms with Crippen LogP contribution in [0.4, 0.5) is 0 Å². The van der Waals surface area contributed by atoms with Gasteiger partial charge in [0.1, 0.15) is 24.9 Å². The molecule has 1 amide bonds. The molecule has 6 rings (SSSR count). The SMILES string of the molecule is CC1(C)COC(=O)[C@@H]1OC(=O)C=Cc1ccccc1C(=O)O[C@@H]1CC(C(=O)NCCO)=C[C@H]2OC3(Cc4ccccc4C3)O[C@H]21. The number of esters is 3. The first-order chi connectivity index (χ1) is 21.6. The van der Waals surface area contributed by atoms with Crippen molar-refractivity contribution in [2.75, 3.05) is 19.8 Å². The van der Waals surface area contributed by atoms with Crippen LogP contribution in [0.25, 0.3) is 6.08 Å². The summed E-state index contributed by atoms with van der Waals surface area (Å²) in [6.45, 7) is 3.54. The third-order valence-corrected chi connectivity index (χ3v) is 8.49. The lowest BCUT2D eigenvalue weighted by atomic mass is 9.90. The summed E-state index contributed by atoms with van der Waals surface area (Å²) >= 11 is 0. The molecule has 2 N–H and O–H groups in total. The van der Waals surface area contributed by atoms with Gasteiger partial charge in [-0.2, -0.15) is 0 Å². The Morgan fingerprint density at radius 3 is 2.42 bits per heavy atom. The van der Waals surface area contributed by atoms with Gasteiger partial charge in [-0.3, -0.25) is 4.79 Å². The van der Waals surface area contributed by atoms with Crippen molar-refractivity contribution in [2.45, 2.75) is 63.3 Å². The number of rotatable bonds is 8. The standard InChI is InChI=1S/C34H35NO10/c1-33(2)19-41-32(40)29(33)43-27(37)12-11-20-7-5-6-10-24(20)31(39)42-25-15-23(30(38)35-13-14-36)16-26-28(25)45-34(44-26)17-21-8-3-4-9-22(21)18-34/h3-12,16,25-26,28-29,36H,13-15,17-19H2,1-2H3,(H,35,38)/t25-,26-,28+,29+/m1/s1. The Morgan fingerprint density at radius 1 is 1.02 bits per heavy atom. The molecule has 2 heterocycles. The van der Waals surface area contributed by atoms with Gasteiger partial charge in [-0.25, -0.2) is 14.4 Å². The molecule has 0 saturated carbocycles. The summed E-state index contributed by atoms with van der Waals surface area (Å²) < 4.78 is 29.4. The van der Waals surface area contributed by atoms with Crippen LogP contribution >= 0.6 is 0 Å². The average Bonchev–Trinajstić information content (AvgIpc) is 3.66. The van der Waals surface area contributed by atoms with Gasteiger partial charge in [-0.15, -0.1) is 0 Å².